The molecule has 1 rings (SSSR count). The molecule has 0 aliphatic carbocycles. The van der Waals surface area contributed by atoms with Gasteiger partial charge in [-0.15, -0.1) is 0 Å². The molecule has 0 aliphatic rings. The van der Waals surface area contributed by atoms with Crippen molar-refractivity contribution in [3.63, 3.8) is 0 Å². The second-order valence-electron chi connectivity index (χ2n) is 6.31. The SMILES string of the molecule is C=CS(=O)(=O)CC(O)CS(=O)(=O)CCS(=O)(=O)c1ccc(C(C)C)cc1. The van der Waals surface area contributed by atoms with E-state index in [0.29, 0.717) is 5.41 Å². The summed E-state index contributed by atoms with van der Waals surface area (Å²) in [5, 5.41) is 10.3. The molecule has 26 heavy (non-hydrogen) atoms. The largest absolute Gasteiger partial charge is 0.391 e. The highest BCUT2D eigenvalue weighted by atomic mass is 32.2. The van der Waals surface area contributed by atoms with Crippen LogP contribution in [0.1, 0.15) is 25.3 Å². The molecule has 1 aromatic carbocycles. The van der Waals surface area contributed by atoms with Crippen LogP contribution in [0, 0.1) is 0 Å². The van der Waals surface area contributed by atoms with Gasteiger partial charge in [0.1, 0.15) is 0 Å². The maximum Gasteiger partial charge on any atom is 0.179 e. The van der Waals surface area contributed by atoms with Crippen molar-refractivity contribution in [3.05, 3.63) is 41.8 Å². The van der Waals surface area contributed by atoms with E-state index >= 15 is 0 Å². The smallest absolute Gasteiger partial charge is 0.179 e. The number of benzene rings is 1. The van der Waals surface area contributed by atoms with Crippen molar-refractivity contribution in [1.29, 1.82) is 0 Å². The van der Waals surface area contributed by atoms with Gasteiger partial charge in [-0.3, -0.25) is 0 Å². The minimum absolute atomic E-state index is 0.0203. The molecule has 148 valence electrons. The van der Waals surface area contributed by atoms with Crippen molar-refractivity contribution in [3.8, 4) is 0 Å². The van der Waals surface area contributed by atoms with Crippen LogP contribution in [0.15, 0.2) is 41.1 Å². The van der Waals surface area contributed by atoms with Crippen LogP contribution in [0.2, 0.25) is 0 Å². The number of aliphatic hydroxyl groups excluding tert-OH is 1. The minimum Gasteiger partial charge on any atom is -0.391 e. The van der Waals surface area contributed by atoms with Gasteiger partial charge in [0.05, 0.1) is 34.0 Å². The van der Waals surface area contributed by atoms with Crippen LogP contribution in [0.25, 0.3) is 0 Å². The molecule has 1 aromatic rings. The Labute approximate surface area is 155 Å². The van der Waals surface area contributed by atoms with Crippen LogP contribution in [-0.2, 0) is 29.5 Å². The van der Waals surface area contributed by atoms with Crippen LogP contribution >= 0.6 is 0 Å². The lowest BCUT2D eigenvalue weighted by atomic mass is 10.0. The zero-order chi connectivity index (χ0) is 20.2. The van der Waals surface area contributed by atoms with Crippen LogP contribution in [0.4, 0.5) is 0 Å². The highest BCUT2D eigenvalue weighted by Crippen LogP contribution is 2.18. The van der Waals surface area contributed by atoms with Crippen LogP contribution < -0.4 is 0 Å². The topological polar surface area (TPSA) is 123 Å². The third-order valence-corrected chi connectivity index (χ3v) is 8.76. The van der Waals surface area contributed by atoms with E-state index in [1.165, 1.54) is 12.1 Å². The molecule has 0 bridgehead atoms. The van der Waals surface area contributed by atoms with E-state index in [4.69, 9.17) is 0 Å². The Morgan fingerprint density at radius 3 is 1.96 bits per heavy atom. The van der Waals surface area contributed by atoms with E-state index in [1.54, 1.807) is 12.1 Å². The summed E-state index contributed by atoms with van der Waals surface area (Å²) < 4.78 is 71.2. The molecule has 0 saturated carbocycles. The Morgan fingerprint density at radius 2 is 1.50 bits per heavy atom. The second kappa shape index (κ2) is 8.64. The van der Waals surface area contributed by atoms with Gasteiger partial charge in [0, 0.05) is 5.41 Å². The molecule has 7 nitrogen and oxygen atoms in total. The van der Waals surface area contributed by atoms with Gasteiger partial charge in [0.25, 0.3) is 0 Å². The number of aliphatic hydroxyl groups is 1. The Morgan fingerprint density at radius 1 is 0.962 bits per heavy atom. The Hall–Kier alpha value is -1.23. The van der Waals surface area contributed by atoms with Gasteiger partial charge in [-0.05, 0) is 23.6 Å². The molecule has 10 heteroatoms. The van der Waals surface area contributed by atoms with E-state index < -0.39 is 58.6 Å². The van der Waals surface area contributed by atoms with E-state index in [1.807, 2.05) is 13.8 Å². The predicted molar refractivity (Wildman–Crippen MR) is 101 cm³/mol. The van der Waals surface area contributed by atoms with E-state index in [9.17, 15) is 30.4 Å². The Kier molecular flexibility index (Phi) is 7.58. The molecule has 0 amide bonds. The lowest BCUT2D eigenvalue weighted by Crippen LogP contribution is -2.30. The maximum atomic E-state index is 12.3. The summed E-state index contributed by atoms with van der Waals surface area (Å²) >= 11 is 0. The number of rotatable bonds is 10. The van der Waals surface area contributed by atoms with Gasteiger partial charge in [0.2, 0.25) is 0 Å². The third-order valence-electron chi connectivity index (χ3n) is 3.69. The molecular formula is C16H24O7S3. The molecule has 0 spiro atoms. The first-order valence-corrected chi connectivity index (χ1v) is 13.0. The van der Waals surface area contributed by atoms with Gasteiger partial charge in [-0.2, -0.15) is 0 Å². The van der Waals surface area contributed by atoms with Crippen molar-refractivity contribution in [1.82, 2.24) is 0 Å². The molecule has 0 aromatic heterocycles. The molecule has 0 saturated heterocycles. The van der Waals surface area contributed by atoms with Gasteiger partial charge in [0.15, 0.2) is 29.5 Å². The van der Waals surface area contributed by atoms with Crippen molar-refractivity contribution in [2.45, 2.75) is 30.8 Å². The van der Waals surface area contributed by atoms with Crippen molar-refractivity contribution in [2.24, 2.45) is 0 Å². The molecule has 1 atom stereocenters. The highest BCUT2D eigenvalue weighted by Gasteiger charge is 2.24. The third kappa shape index (κ3) is 7.18. The number of hydrogen-bond donors (Lipinski definition) is 1. The maximum absolute atomic E-state index is 12.3. The van der Waals surface area contributed by atoms with Gasteiger partial charge < -0.3 is 5.11 Å². The van der Waals surface area contributed by atoms with Gasteiger partial charge in [-0.25, -0.2) is 25.3 Å². The van der Waals surface area contributed by atoms with Crippen molar-refractivity contribution in [2.75, 3.05) is 23.0 Å². The molecular weight excluding hydrogens is 400 g/mol. The lowest BCUT2D eigenvalue weighted by molar-refractivity contribution is 0.220. The number of sulfone groups is 3. The average molecular weight is 425 g/mol. The fourth-order valence-electron chi connectivity index (χ4n) is 2.18. The monoisotopic (exact) mass is 424 g/mol. The summed E-state index contributed by atoms with van der Waals surface area (Å²) in [5.41, 5.74) is 0.961. The summed E-state index contributed by atoms with van der Waals surface area (Å²) in [5.74, 6) is -2.72. The van der Waals surface area contributed by atoms with Crippen molar-refractivity contribution >= 4 is 29.5 Å². The summed E-state index contributed by atoms with van der Waals surface area (Å²) in [6.07, 6.45) is -1.64. The lowest BCUT2D eigenvalue weighted by Gasteiger charge is -2.11. The van der Waals surface area contributed by atoms with Crippen LogP contribution in [0.5, 0.6) is 0 Å². The van der Waals surface area contributed by atoms with Crippen molar-refractivity contribution < 1.29 is 30.4 Å². The van der Waals surface area contributed by atoms with E-state index in [2.05, 4.69) is 6.58 Å². The molecule has 0 aliphatic heterocycles. The first-order valence-electron chi connectivity index (χ1n) is 7.84. The number of hydrogen-bond acceptors (Lipinski definition) is 7. The van der Waals surface area contributed by atoms with E-state index in [-0.39, 0.29) is 10.8 Å². The molecule has 1 unspecified atom stereocenters. The summed E-state index contributed by atoms with van der Waals surface area (Å²) in [4.78, 5) is 0.0203. The predicted octanol–water partition coefficient (Wildman–Crippen LogP) is 0.918. The first-order chi connectivity index (χ1) is 11.8. The second-order valence-corrected chi connectivity index (χ2v) is 12.6. The van der Waals surface area contributed by atoms with Gasteiger partial charge in [-0.1, -0.05) is 32.6 Å². The fraction of sp³-hybridized carbons (Fsp3) is 0.500. The molecule has 0 heterocycles. The highest BCUT2D eigenvalue weighted by molar-refractivity contribution is 7.95. The summed E-state index contributed by atoms with van der Waals surface area (Å²) in [7, 11) is -11.5. The average Bonchev–Trinajstić information content (AvgIpc) is 2.52. The molecule has 0 radical (unpaired) electrons. The molecule has 1 N–H and O–H groups in total. The van der Waals surface area contributed by atoms with Crippen LogP contribution in [0.3, 0.4) is 0 Å². The van der Waals surface area contributed by atoms with Crippen LogP contribution in [-0.4, -0.2) is 59.5 Å². The first kappa shape index (κ1) is 22.8. The quantitative estimate of drug-likeness (QED) is 0.592. The Bertz CT molecular complexity index is 926. The summed E-state index contributed by atoms with van der Waals surface area (Å²) in [6, 6.07) is 6.22. The Balaban J connectivity index is 2.77. The normalized spacial score (nSPS) is 14.3. The summed E-state index contributed by atoms with van der Waals surface area (Å²) in [6.45, 7) is 7.01. The fourth-order valence-corrected chi connectivity index (χ4v) is 6.67. The zero-order valence-electron chi connectivity index (χ0n) is 14.7. The van der Waals surface area contributed by atoms with E-state index in [0.717, 1.165) is 5.56 Å². The van der Waals surface area contributed by atoms with Gasteiger partial charge >= 0.3 is 0 Å². The standard InChI is InChI=1S/C16H24O7S3/c1-4-24(18,19)11-15(17)12-25(20,21)9-10-26(22,23)16-7-5-14(6-8-16)13(2)3/h4-8,13,15,17H,1,9-12H2,2-3H3. The molecule has 0 fully saturated rings. The minimum atomic E-state index is -3.95. The zero-order valence-corrected chi connectivity index (χ0v) is 17.1.